The van der Waals surface area contributed by atoms with E-state index in [1.807, 2.05) is 47.4 Å². The zero-order chi connectivity index (χ0) is 14.7. The van der Waals surface area contributed by atoms with Crippen LogP contribution in [0.1, 0.15) is 18.4 Å². The second-order valence-corrected chi connectivity index (χ2v) is 6.00. The molecule has 1 N–H and O–H groups in total. The summed E-state index contributed by atoms with van der Waals surface area (Å²) >= 11 is 3.55. The van der Waals surface area contributed by atoms with E-state index in [0.29, 0.717) is 6.42 Å². The Bertz CT molecular complexity index is 639. The third-order valence-corrected chi connectivity index (χ3v) is 4.47. The van der Waals surface area contributed by atoms with Crippen LogP contribution >= 0.6 is 15.9 Å². The maximum absolute atomic E-state index is 11.7. The van der Waals surface area contributed by atoms with Crippen LogP contribution in [0.15, 0.2) is 53.0 Å². The van der Waals surface area contributed by atoms with Crippen molar-refractivity contribution in [3.05, 3.63) is 58.6 Å². The monoisotopic (exact) mass is 344 g/mol. The molecule has 0 aromatic heterocycles. The molecule has 4 heteroatoms. The van der Waals surface area contributed by atoms with Crippen LogP contribution in [0.4, 0.5) is 11.4 Å². The molecule has 2 aromatic rings. The number of hydrogen-bond acceptors (Lipinski definition) is 2. The lowest BCUT2D eigenvalue weighted by Gasteiger charge is -2.16. The van der Waals surface area contributed by atoms with E-state index < -0.39 is 0 Å². The van der Waals surface area contributed by atoms with E-state index in [2.05, 4.69) is 27.3 Å². The Morgan fingerprint density at radius 3 is 2.52 bits per heavy atom. The quantitative estimate of drug-likeness (QED) is 0.901. The van der Waals surface area contributed by atoms with Gasteiger partial charge >= 0.3 is 0 Å². The molecular weight excluding hydrogens is 328 g/mol. The summed E-state index contributed by atoms with van der Waals surface area (Å²) < 4.78 is 1.11. The van der Waals surface area contributed by atoms with Crippen LogP contribution in [0.3, 0.4) is 0 Å². The minimum Gasteiger partial charge on any atom is -0.381 e. The molecule has 0 bridgehead atoms. The maximum Gasteiger partial charge on any atom is 0.227 e. The summed E-state index contributed by atoms with van der Waals surface area (Å²) in [7, 11) is 0. The van der Waals surface area contributed by atoms with Crippen molar-refractivity contribution in [2.75, 3.05) is 16.8 Å². The van der Waals surface area contributed by atoms with Gasteiger partial charge in [0.05, 0.1) is 0 Å². The van der Waals surface area contributed by atoms with Gasteiger partial charge in [-0.05, 0) is 42.3 Å². The number of nitrogens with one attached hydrogen (secondary N) is 1. The number of halogens is 1. The number of carbonyl (C=O) groups excluding carboxylic acids is 1. The Labute approximate surface area is 133 Å². The van der Waals surface area contributed by atoms with Crippen LogP contribution in [0.2, 0.25) is 0 Å². The fraction of sp³-hybridized carbons (Fsp3) is 0.235. The molecule has 1 aliphatic rings. The van der Waals surface area contributed by atoms with Crippen molar-refractivity contribution < 1.29 is 4.79 Å². The van der Waals surface area contributed by atoms with Crippen LogP contribution in [-0.2, 0) is 11.3 Å². The molecule has 0 spiro atoms. The SMILES string of the molecule is O=C1CCCN1c1ccc(NCc2ccccc2Br)cc1. The van der Waals surface area contributed by atoms with Crippen LogP contribution in [0.5, 0.6) is 0 Å². The standard InChI is InChI=1S/C17H17BrN2O/c18-16-5-2-1-4-13(16)12-19-14-7-9-15(10-8-14)20-11-3-6-17(20)21/h1-2,4-5,7-10,19H,3,6,11-12H2. The predicted molar refractivity (Wildman–Crippen MR) is 89.5 cm³/mol. The van der Waals surface area contributed by atoms with E-state index in [1.165, 1.54) is 5.56 Å². The van der Waals surface area contributed by atoms with Crippen molar-refractivity contribution in [1.29, 1.82) is 0 Å². The van der Waals surface area contributed by atoms with Gasteiger partial charge in [-0.25, -0.2) is 0 Å². The predicted octanol–water partition coefficient (Wildman–Crippen LogP) is 4.19. The average molecular weight is 345 g/mol. The van der Waals surface area contributed by atoms with Gasteiger partial charge in [0.1, 0.15) is 0 Å². The highest BCUT2D eigenvalue weighted by molar-refractivity contribution is 9.10. The number of hydrogen-bond donors (Lipinski definition) is 1. The fourth-order valence-electron chi connectivity index (χ4n) is 2.52. The average Bonchev–Trinajstić information content (AvgIpc) is 2.93. The van der Waals surface area contributed by atoms with Gasteiger partial charge in [0.2, 0.25) is 5.91 Å². The van der Waals surface area contributed by atoms with Crippen molar-refractivity contribution >= 4 is 33.2 Å². The Morgan fingerprint density at radius 1 is 1.10 bits per heavy atom. The van der Waals surface area contributed by atoms with E-state index in [4.69, 9.17) is 0 Å². The third kappa shape index (κ3) is 3.27. The minimum atomic E-state index is 0.226. The fourth-order valence-corrected chi connectivity index (χ4v) is 2.94. The Morgan fingerprint density at radius 2 is 1.86 bits per heavy atom. The first-order valence-corrected chi connectivity index (χ1v) is 7.91. The smallest absolute Gasteiger partial charge is 0.227 e. The number of rotatable bonds is 4. The lowest BCUT2D eigenvalue weighted by Crippen LogP contribution is -2.23. The van der Waals surface area contributed by atoms with Gasteiger partial charge in [0.25, 0.3) is 0 Å². The molecule has 0 aliphatic carbocycles. The zero-order valence-corrected chi connectivity index (χ0v) is 13.3. The molecule has 3 rings (SSSR count). The first-order valence-electron chi connectivity index (χ1n) is 7.12. The van der Waals surface area contributed by atoms with Gasteiger partial charge in [-0.2, -0.15) is 0 Å². The second-order valence-electron chi connectivity index (χ2n) is 5.14. The second kappa shape index (κ2) is 6.31. The number of benzene rings is 2. The summed E-state index contributed by atoms with van der Waals surface area (Å²) in [5, 5.41) is 3.40. The Balaban J connectivity index is 1.65. The molecular formula is C17H17BrN2O. The molecule has 1 aliphatic heterocycles. The molecule has 0 atom stereocenters. The largest absolute Gasteiger partial charge is 0.381 e. The van der Waals surface area contributed by atoms with Crippen LogP contribution in [-0.4, -0.2) is 12.5 Å². The first-order chi connectivity index (χ1) is 10.2. The highest BCUT2D eigenvalue weighted by Crippen LogP contribution is 2.24. The molecule has 0 radical (unpaired) electrons. The molecule has 1 heterocycles. The Kier molecular flexibility index (Phi) is 4.25. The lowest BCUT2D eigenvalue weighted by molar-refractivity contribution is -0.117. The summed E-state index contributed by atoms with van der Waals surface area (Å²) in [6.45, 7) is 1.60. The number of anilines is 2. The summed E-state index contributed by atoms with van der Waals surface area (Å²) in [5.41, 5.74) is 3.27. The van der Waals surface area contributed by atoms with Crippen LogP contribution in [0, 0.1) is 0 Å². The van der Waals surface area contributed by atoms with Crippen molar-refractivity contribution in [2.45, 2.75) is 19.4 Å². The number of carbonyl (C=O) groups is 1. The van der Waals surface area contributed by atoms with Gasteiger partial charge < -0.3 is 10.2 Å². The molecule has 2 aromatic carbocycles. The van der Waals surface area contributed by atoms with Gasteiger partial charge in [0.15, 0.2) is 0 Å². The topological polar surface area (TPSA) is 32.3 Å². The van der Waals surface area contributed by atoms with Gasteiger partial charge in [-0.1, -0.05) is 34.1 Å². The molecule has 3 nitrogen and oxygen atoms in total. The van der Waals surface area contributed by atoms with Crippen LogP contribution < -0.4 is 10.2 Å². The van der Waals surface area contributed by atoms with Crippen LogP contribution in [0.25, 0.3) is 0 Å². The van der Waals surface area contributed by atoms with E-state index >= 15 is 0 Å². The van der Waals surface area contributed by atoms with Gasteiger partial charge in [-0.15, -0.1) is 0 Å². The molecule has 1 fully saturated rings. The van der Waals surface area contributed by atoms with Crippen molar-refractivity contribution in [1.82, 2.24) is 0 Å². The van der Waals surface area contributed by atoms with Crippen molar-refractivity contribution in [2.24, 2.45) is 0 Å². The van der Waals surface area contributed by atoms with E-state index in [9.17, 15) is 4.79 Å². The first kappa shape index (κ1) is 14.1. The highest BCUT2D eigenvalue weighted by atomic mass is 79.9. The third-order valence-electron chi connectivity index (χ3n) is 3.69. The summed E-state index contributed by atoms with van der Waals surface area (Å²) in [4.78, 5) is 13.6. The summed E-state index contributed by atoms with van der Waals surface area (Å²) in [6, 6.07) is 16.2. The number of nitrogens with zero attached hydrogens (tertiary/aromatic N) is 1. The van der Waals surface area contributed by atoms with E-state index in [0.717, 1.165) is 35.4 Å². The summed E-state index contributed by atoms with van der Waals surface area (Å²) in [5.74, 6) is 0.226. The maximum atomic E-state index is 11.7. The minimum absolute atomic E-state index is 0.226. The molecule has 0 saturated carbocycles. The number of amides is 1. The molecule has 108 valence electrons. The molecule has 21 heavy (non-hydrogen) atoms. The van der Waals surface area contributed by atoms with Crippen molar-refractivity contribution in [3.63, 3.8) is 0 Å². The molecule has 0 unspecified atom stereocenters. The van der Waals surface area contributed by atoms with E-state index in [-0.39, 0.29) is 5.91 Å². The zero-order valence-electron chi connectivity index (χ0n) is 11.7. The molecule has 1 amide bonds. The van der Waals surface area contributed by atoms with E-state index in [1.54, 1.807) is 0 Å². The van der Waals surface area contributed by atoms with Gasteiger partial charge in [-0.3, -0.25) is 4.79 Å². The molecule has 1 saturated heterocycles. The lowest BCUT2D eigenvalue weighted by atomic mass is 10.2. The Hall–Kier alpha value is -1.81. The van der Waals surface area contributed by atoms with Gasteiger partial charge in [0, 0.05) is 35.4 Å². The normalized spacial score (nSPS) is 14.5. The van der Waals surface area contributed by atoms with Crippen molar-refractivity contribution in [3.8, 4) is 0 Å². The highest BCUT2D eigenvalue weighted by Gasteiger charge is 2.21. The summed E-state index contributed by atoms with van der Waals surface area (Å²) in [6.07, 6.45) is 1.63.